The number of aryl methyl sites for hydroxylation is 1. The summed E-state index contributed by atoms with van der Waals surface area (Å²) in [6, 6.07) is 3.21. The summed E-state index contributed by atoms with van der Waals surface area (Å²) in [5.74, 6) is -0.225. The maximum Gasteiger partial charge on any atom is 0.335 e. The van der Waals surface area contributed by atoms with E-state index in [2.05, 4.69) is 17.2 Å². The molecule has 104 valence electrons. The number of anilines is 1. The standard InChI is InChI=1S/C15H22N2O2/c1-3-15(6-4-5-7-15)10-16-13-9-12(14(18)19)8-11(2)17-13/h8-9H,3-7,10H2,1-2H3,(H,16,17)(H,18,19). The van der Waals surface area contributed by atoms with Crippen LogP contribution in [0.25, 0.3) is 0 Å². The predicted molar refractivity (Wildman–Crippen MR) is 75.6 cm³/mol. The number of aromatic nitrogens is 1. The number of pyridine rings is 1. The van der Waals surface area contributed by atoms with Crippen LogP contribution in [0.3, 0.4) is 0 Å². The number of nitrogens with zero attached hydrogens (tertiary/aromatic N) is 1. The van der Waals surface area contributed by atoms with E-state index in [0.717, 1.165) is 18.7 Å². The maximum absolute atomic E-state index is 11.0. The van der Waals surface area contributed by atoms with Gasteiger partial charge in [-0.3, -0.25) is 0 Å². The summed E-state index contributed by atoms with van der Waals surface area (Å²) >= 11 is 0. The molecule has 1 fully saturated rings. The fourth-order valence-corrected chi connectivity index (χ4v) is 2.94. The van der Waals surface area contributed by atoms with E-state index >= 15 is 0 Å². The van der Waals surface area contributed by atoms with Crippen LogP contribution in [0.1, 0.15) is 55.1 Å². The molecule has 4 heteroatoms. The van der Waals surface area contributed by atoms with Crippen LogP contribution in [0, 0.1) is 12.3 Å². The first kappa shape index (κ1) is 13.8. The van der Waals surface area contributed by atoms with Crippen molar-refractivity contribution in [2.24, 2.45) is 5.41 Å². The third-order valence-electron chi connectivity index (χ3n) is 4.26. The van der Waals surface area contributed by atoms with Crippen molar-refractivity contribution in [3.63, 3.8) is 0 Å². The zero-order valence-electron chi connectivity index (χ0n) is 11.7. The molecule has 1 aromatic rings. The topological polar surface area (TPSA) is 62.2 Å². The largest absolute Gasteiger partial charge is 0.478 e. The lowest BCUT2D eigenvalue weighted by Gasteiger charge is -2.28. The first-order valence-corrected chi connectivity index (χ1v) is 7.00. The number of hydrogen-bond donors (Lipinski definition) is 2. The van der Waals surface area contributed by atoms with Gasteiger partial charge >= 0.3 is 5.97 Å². The number of nitrogens with one attached hydrogen (secondary N) is 1. The van der Waals surface area contributed by atoms with E-state index in [9.17, 15) is 4.79 Å². The number of carboxylic acid groups (broad SMARTS) is 1. The van der Waals surface area contributed by atoms with Crippen molar-refractivity contribution in [2.45, 2.75) is 46.0 Å². The van der Waals surface area contributed by atoms with Gasteiger partial charge in [-0.2, -0.15) is 0 Å². The van der Waals surface area contributed by atoms with Crippen LogP contribution in [-0.4, -0.2) is 22.6 Å². The van der Waals surface area contributed by atoms with Gasteiger partial charge in [0.2, 0.25) is 0 Å². The third-order valence-corrected chi connectivity index (χ3v) is 4.26. The molecule has 0 amide bonds. The van der Waals surface area contributed by atoms with E-state index < -0.39 is 5.97 Å². The normalized spacial score (nSPS) is 17.4. The Morgan fingerprint density at radius 3 is 2.68 bits per heavy atom. The van der Waals surface area contributed by atoms with E-state index in [4.69, 9.17) is 5.11 Å². The second-order valence-corrected chi connectivity index (χ2v) is 5.60. The second kappa shape index (κ2) is 5.59. The third kappa shape index (κ3) is 3.25. The van der Waals surface area contributed by atoms with Gasteiger partial charge in [0.1, 0.15) is 5.82 Å². The fourth-order valence-electron chi connectivity index (χ4n) is 2.94. The van der Waals surface area contributed by atoms with Crippen molar-refractivity contribution < 1.29 is 9.90 Å². The molecule has 0 aromatic carbocycles. The van der Waals surface area contributed by atoms with Gasteiger partial charge in [0, 0.05) is 12.2 Å². The fraction of sp³-hybridized carbons (Fsp3) is 0.600. The van der Waals surface area contributed by atoms with Gasteiger partial charge in [-0.05, 0) is 43.7 Å². The number of rotatable bonds is 5. The number of carbonyl (C=O) groups is 1. The molecule has 0 spiro atoms. The lowest BCUT2D eigenvalue weighted by atomic mass is 9.83. The summed E-state index contributed by atoms with van der Waals surface area (Å²) < 4.78 is 0. The predicted octanol–water partition coefficient (Wildman–Crippen LogP) is 3.47. The molecule has 0 radical (unpaired) electrons. The van der Waals surface area contributed by atoms with Crippen molar-refractivity contribution in [3.8, 4) is 0 Å². The highest BCUT2D eigenvalue weighted by atomic mass is 16.4. The molecule has 1 saturated carbocycles. The van der Waals surface area contributed by atoms with Crippen LogP contribution in [0.5, 0.6) is 0 Å². The molecular formula is C15H22N2O2. The summed E-state index contributed by atoms with van der Waals surface area (Å²) in [6.07, 6.45) is 6.29. The maximum atomic E-state index is 11.0. The zero-order chi connectivity index (χ0) is 13.9. The van der Waals surface area contributed by atoms with Crippen LogP contribution < -0.4 is 5.32 Å². The number of hydrogen-bond acceptors (Lipinski definition) is 3. The molecule has 1 aliphatic rings. The Hall–Kier alpha value is -1.58. The molecule has 0 saturated heterocycles. The molecular weight excluding hydrogens is 240 g/mol. The monoisotopic (exact) mass is 262 g/mol. The summed E-state index contributed by atoms with van der Waals surface area (Å²) in [7, 11) is 0. The molecule has 1 aliphatic carbocycles. The number of aromatic carboxylic acids is 1. The Morgan fingerprint density at radius 1 is 1.42 bits per heavy atom. The van der Waals surface area contributed by atoms with Crippen molar-refractivity contribution in [2.75, 3.05) is 11.9 Å². The van der Waals surface area contributed by atoms with Crippen LogP contribution in [-0.2, 0) is 0 Å². The highest BCUT2D eigenvalue weighted by Crippen LogP contribution is 2.40. The Morgan fingerprint density at radius 2 is 2.11 bits per heavy atom. The Labute approximate surface area is 114 Å². The smallest absolute Gasteiger partial charge is 0.335 e. The van der Waals surface area contributed by atoms with E-state index in [1.807, 2.05) is 6.92 Å². The molecule has 0 unspecified atom stereocenters. The zero-order valence-corrected chi connectivity index (χ0v) is 11.7. The van der Waals surface area contributed by atoms with Crippen molar-refractivity contribution >= 4 is 11.8 Å². The first-order chi connectivity index (χ1) is 9.04. The Balaban J connectivity index is 2.08. The molecule has 2 N–H and O–H groups in total. The minimum atomic E-state index is -0.903. The molecule has 0 atom stereocenters. The SMILES string of the molecule is CCC1(CNc2cc(C(=O)O)cc(C)n2)CCCC1. The van der Waals surface area contributed by atoms with Crippen LogP contribution in [0.15, 0.2) is 12.1 Å². The van der Waals surface area contributed by atoms with Gasteiger partial charge in [0.15, 0.2) is 0 Å². The van der Waals surface area contributed by atoms with Crippen LogP contribution in [0.2, 0.25) is 0 Å². The minimum absolute atomic E-state index is 0.298. The van der Waals surface area contributed by atoms with Crippen LogP contribution in [0.4, 0.5) is 5.82 Å². The molecule has 1 aromatic heterocycles. The summed E-state index contributed by atoms with van der Waals surface area (Å²) in [5, 5.41) is 12.4. The highest BCUT2D eigenvalue weighted by molar-refractivity contribution is 5.88. The van der Waals surface area contributed by atoms with Crippen molar-refractivity contribution in [1.82, 2.24) is 4.98 Å². The summed E-state index contributed by atoms with van der Waals surface area (Å²) in [5.41, 5.74) is 1.40. The van der Waals surface area contributed by atoms with E-state index in [-0.39, 0.29) is 0 Å². The summed E-state index contributed by atoms with van der Waals surface area (Å²) in [6.45, 7) is 4.95. The second-order valence-electron chi connectivity index (χ2n) is 5.60. The van der Waals surface area contributed by atoms with Gasteiger partial charge in [-0.1, -0.05) is 19.8 Å². The van der Waals surface area contributed by atoms with Crippen molar-refractivity contribution in [1.29, 1.82) is 0 Å². The molecule has 0 bridgehead atoms. The molecule has 1 heterocycles. The summed E-state index contributed by atoms with van der Waals surface area (Å²) in [4.78, 5) is 15.4. The van der Waals surface area contributed by atoms with Gasteiger partial charge in [0.05, 0.1) is 5.56 Å². The average molecular weight is 262 g/mol. The lowest BCUT2D eigenvalue weighted by Crippen LogP contribution is -2.26. The Kier molecular flexibility index (Phi) is 4.08. The molecule has 19 heavy (non-hydrogen) atoms. The van der Waals surface area contributed by atoms with Gasteiger partial charge in [0.25, 0.3) is 0 Å². The van der Waals surface area contributed by atoms with E-state index in [0.29, 0.717) is 16.8 Å². The quantitative estimate of drug-likeness (QED) is 0.853. The average Bonchev–Trinajstić information content (AvgIpc) is 2.85. The highest BCUT2D eigenvalue weighted by Gasteiger charge is 2.31. The molecule has 0 aliphatic heterocycles. The van der Waals surface area contributed by atoms with Gasteiger partial charge in [-0.25, -0.2) is 9.78 Å². The lowest BCUT2D eigenvalue weighted by molar-refractivity contribution is 0.0696. The molecule has 4 nitrogen and oxygen atoms in total. The van der Waals surface area contributed by atoms with E-state index in [1.165, 1.54) is 25.7 Å². The molecule has 2 rings (SSSR count). The number of carboxylic acids is 1. The Bertz CT molecular complexity index is 465. The van der Waals surface area contributed by atoms with Crippen molar-refractivity contribution in [3.05, 3.63) is 23.4 Å². The van der Waals surface area contributed by atoms with Gasteiger partial charge in [-0.15, -0.1) is 0 Å². The van der Waals surface area contributed by atoms with Gasteiger partial charge < -0.3 is 10.4 Å². The van der Waals surface area contributed by atoms with Crippen LogP contribution >= 0.6 is 0 Å². The first-order valence-electron chi connectivity index (χ1n) is 7.00. The van der Waals surface area contributed by atoms with E-state index in [1.54, 1.807) is 12.1 Å². The minimum Gasteiger partial charge on any atom is -0.478 e.